The number of Topliss-reactive ketones (excluding diaryl/α,β-unsaturated/α-hetero) is 1. The number of nitrogens with zero attached hydrogens (tertiary/aromatic N) is 6. The van der Waals surface area contributed by atoms with Crippen LogP contribution >= 0.6 is 0 Å². The molecular formula is C37H45N7O4. The second-order valence-corrected chi connectivity index (χ2v) is 12.9. The van der Waals surface area contributed by atoms with Gasteiger partial charge in [0.1, 0.15) is 24.2 Å². The van der Waals surface area contributed by atoms with Gasteiger partial charge in [-0.2, -0.15) is 5.10 Å². The number of piperidine rings is 1. The van der Waals surface area contributed by atoms with E-state index >= 15 is 0 Å². The van der Waals surface area contributed by atoms with E-state index in [1.807, 2.05) is 77.7 Å². The van der Waals surface area contributed by atoms with Crippen molar-refractivity contribution in [2.75, 3.05) is 19.6 Å². The lowest BCUT2D eigenvalue weighted by molar-refractivity contribution is -0.143. The number of benzene rings is 2. The van der Waals surface area contributed by atoms with Gasteiger partial charge in [0.05, 0.1) is 12.6 Å². The van der Waals surface area contributed by atoms with Gasteiger partial charge in [-0.15, -0.1) is 0 Å². The summed E-state index contributed by atoms with van der Waals surface area (Å²) in [6.07, 6.45) is 6.58. The second kappa shape index (κ2) is 15.0. The molecule has 3 amide bonds. The van der Waals surface area contributed by atoms with Crippen molar-refractivity contribution in [1.82, 2.24) is 34.4 Å². The number of fused-ring (bicyclic) bond motifs is 3. The number of nitrogens with one attached hydrogen (secondary N) is 1. The predicted octanol–water partition coefficient (Wildman–Crippen LogP) is 4.63. The number of aromatic nitrogens is 4. The van der Waals surface area contributed by atoms with Crippen molar-refractivity contribution in [2.45, 2.75) is 90.4 Å². The number of hydrogen-bond donors (Lipinski definition) is 1. The third-order valence-corrected chi connectivity index (χ3v) is 9.47. The van der Waals surface area contributed by atoms with Crippen LogP contribution in [0.15, 0.2) is 60.8 Å². The Morgan fingerprint density at radius 1 is 0.938 bits per heavy atom. The van der Waals surface area contributed by atoms with Crippen LogP contribution < -0.4 is 5.32 Å². The molecule has 0 bridgehead atoms. The van der Waals surface area contributed by atoms with Gasteiger partial charge in [0, 0.05) is 55.1 Å². The van der Waals surface area contributed by atoms with E-state index < -0.39 is 12.1 Å². The van der Waals surface area contributed by atoms with Crippen molar-refractivity contribution in [1.29, 1.82) is 0 Å². The van der Waals surface area contributed by atoms with Crippen molar-refractivity contribution in [2.24, 2.45) is 0 Å². The summed E-state index contributed by atoms with van der Waals surface area (Å²) < 4.78 is 3.68. The average Bonchev–Trinajstić information content (AvgIpc) is 3.65. The van der Waals surface area contributed by atoms with Gasteiger partial charge in [-0.25, -0.2) is 9.67 Å². The Labute approximate surface area is 281 Å². The van der Waals surface area contributed by atoms with E-state index in [9.17, 15) is 19.2 Å². The highest BCUT2D eigenvalue weighted by atomic mass is 16.2. The quantitative estimate of drug-likeness (QED) is 0.291. The minimum atomic E-state index is -0.547. The van der Waals surface area contributed by atoms with Crippen LogP contribution in [0.3, 0.4) is 0 Å². The van der Waals surface area contributed by atoms with Crippen LogP contribution in [0, 0.1) is 6.92 Å². The topological polar surface area (TPSA) is 122 Å². The summed E-state index contributed by atoms with van der Waals surface area (Å²) in [5.74, 6) is 0.941. The van der Waals surface area contributed by atoms with Crippen LogP contribution in [0.25, 0.3) is 10.9 Å². The monoisotopic (exact) mass is 651 g/mol. The van der Waals surface area contributed by atoms with E-state index in [1.54, 1.807) is 16.0 Å². The van der Waals surface area contributed by atoms with Gasteiger partial charge < -0.3 is 19.7 Å². The van der Waals surface area contributed by atoms with Crippen LogP contribution in [0.4, 0.5) is 0 Å². The molecule has 1 saturated heterocycles. The maximum atomic E-state index is 14.1. The molecular weight excluding hydrogens is 606 g/mol. The first-order chi connectivity index (χ1) is 23.3. The molecule has 2 aromatic carbocycles. The molecule has 1 N–H and O–H groups in total. The van der Waals surface area contributed by atoms with Gasteiger partial charge in [0.25, 0.3) is 0 Å². The highest BCUT2D eigenvalue weighted by Gasteiger charge is 2.34. The normalized spacial score (nSPS) is 19.4. The van der Waals surface area contributed by atoms with E-state index in [1.165, 1.54) is 0 Å². The molecule has 48 heavy (non-hydrogen) atoms. The molecule has 11 heteroatoms. The van der Waals surface area contributed by atoms with Crippen molar-refractivity contribution >= 4 is 34.4 Å². The van der Waals surface area contributed by atoms with Gasteiger partial charge in [0.2, 0.25) is 17.7 Å². The molecule has 4 aromatic rings. The summed E-state index contributed by atoms with van der Waals surface area (Å²) >= 11 is 0. The number of aryl methyl sites for hydroxylation is 1. The Hall–Kier alpha value is -4.80. The number of para-hydroxylation sites is 1. The van der Waals surface area contributed by atoms with Crippen molar-refractivity contribution in [3.05, 3.63) is 83.6 Å². The lowest BCUT2D eigenvalue weighted by atomic mass is 9.99. The van der Waals surface area contributed by atoms with Gasteiger partial charge in [-0.1, -0.05) is 55.5 Å². The molecule has 0 spiro atoms. The highest BCUT2D eigenvalue weighted by molar-refractivity contribution is 6.08. The van der Waals surface area contributed by atoms with E-state index in [-0.39, 0.29) is 36.5 Å². The number of carbonyl (C=O) groups excluding carboxylic acids is 4. The first-order valence-corrected chi connectivity index (χ1v) is 17.3. The molecule has 2 aliphatic heterocycles. The van der Waals surface area contributed by atoms with E-state index in [2.05, 4.69) is 5.32 Å². The number of carbonyl (C=O) groups is 4. The zero-order valence-electron chi connectivity index (χ0n) is 27.9. The molecule has 0 unspecified atom stereocenters. The van der Waals surface area contributed by atoms with Crippen LogP contribution in [0.2, 0.25) is 0 Å². The molecule has 11 nitrogen and oxygen atoms in total. The Morgan fingerprint density at radius 2 is 1.73 bits per heavy atom. The molecule has 0 radical (unpaired) electrons. The number of hydrogen-bond acceptors (Lipinski definition) is 6. The molecule has 0 saturated carbocycles. The molecule has 2 aliphatic rings. The summed E-state index contributed by atoms with van der Waals surface area (Å²) in [5, 5.41) is 8.79. The minimum absolute atomic E-state index is 0.0617. The largest absolute Gasteiger partial charge is 0.344 e. The smallest absolute Gasteiger partial charge is 0.243 e. The molecule has 0 aliphatic carbocycles. The van der Waals surface area contributed by atoms with Crippen molar-refractivity contribution in [3.8, 4) is 0 Å². The van der Waals surface area contributed by atoms with Crippen LogP contribution in [0.1, 0.15) is 85.5 Å². The molecule has 2 aromatic heterocycles. The van der Waals surface area contributed by atoms with Crippen LogP contribution in [0.5, 0.6) is 0 Å². The standard InChI is InChI=1S/C37H45N7O4/c1-3-12-33(45)29-24-42(31-16-8-7-15-28(29)31)25-35(47)41-19-11-18-34(46)43-20-10-9-17-32(43)37(48)39-30(23-27-13-5-4-6-14-27)36-38-26(2)40-44(36)22-21-41/h4-8,13-16,24,30,32H,3,9-12,17-23,25H2,1-2H3,(H,39,48)/t30-,32+/m1/s1. The molecule has 6 rings (SSSR count). The van der Waals surface area contributed by atoms with Crippen molar-refractivity contribution < 1.29 is 19.2 Å². The summed E-state index contributed by atoms with van der Waals surface area (Å²) in [4.78, 5) is 62.7. The summed E-state index contributed by atoms with van der Waals surface area (Å²) in [6.45, 7) is 5.52. The molecule has 4 heterocycles. The Kier molecular flexibility index (Phi) is 10.3. The van der Waals surface area contributed by atoms with Gasteiger partial charge in [-0.3, -0.25) is 19.2 Å². The third kappa shape index (κ3) is 7.35. The molecule has 1 fully saturated rings. The zero-order chi connectivity index (χ0) is 33.6. The average molecular weight is 652 g/mol. The predicted molar refractivity (Wildman–Crippen MR) is 182 cm³/mol. The Bertz CT molecular complexity index is 1780. The van der Waals surface area contributed by atoms with Gasteiger partial charge in [-0.05, 0) is 57.1 Å². The zero-order valence-corrected chi connectivity index (χ0v) is 27.9. The van der Waals surface area contributed by atoms with E-state index in [0.29, 0.717) is 69.1 Å². The first-order valence-electron chi connectivity index (χ1n) is 17.3. The van der Waals surface area contributed by atoms with Gasteiger partial charge >= 0.3 is 0 Å². The maximum Gasteiger partial charge on any atom is 0.243 e. The SMILES string of the molecule is CCCC(=O)c1cn(CC(=O)N2CCCC(=O)N3CCCC[C@H]3C(=O)N[C@H](Cc3ccccc3)c3nc(C)nn3CC2)c2ccccc12. The summed E-state index contributed by atoms with van der Waals surface area (Å²) in [6, 6.07) is 16.6. The van der Waals surface area contributed by atoms with Crippen molar-refractivity contribution in [3.63, 3.8) is 0 Å². The van der Waals surface area contributed by atoms with Gasteiger partial charge in [0.15, 0.2) is 5.78 Å². The number of amides is 3. The number of ketones is 1. The molecule has 2 atom stereocenters. The fourth-order valence-electron chi connectivity index (χ4n) is 7.07. The fraction of sp³-hybridized carbons (Fsp3) is 0.459. The van der Waals surface area contributed by atoms with Crippen LogP contribution in [-0.4, -0.2) is 78.3 Å². The Balaban J connectivity index is 1.31. The van der Waals surface area contributed by atoms with E-state index in [4.69, 9.17) is 10.1 Å². The molecule has 252 valence electrons. The first kappa shape index (κ1) is 33.1. The number of rotatable bonds is 7. The Morgan fingerprint density at radius 3 is 2.54 bits per heavy atom. The van der Waals surface area contributed by atoms with Crippen LogP contribution in [-0.2, 0) is 33.9 Å². The summed E-state index contributed by atoms with van der Waals surface area (Å²) in [5.41, 5.74) is 2.52. The minimum Gasteiger partial charge on any atom is -0.344 e. The lowest BCUT2D eigenvalue weighted by Crippen LogP contribution is -2.53. The maximum absolute atomic E-state index is 14.1. The summed E-state index contributed by atoms with van der Waals surface area (Å²) in [7, 11) is 0. The third-order valence-electron chi connectivity index (χ3n) is 9.47. The van der Waals surface area contributed by atoms with E-state index in [0.717, 1.165) is 35.7 Å². The highest BCUT2D eigenvalue weighted by Crippen LogP contribution is 2.25. The fourth-order valence-corrected chi connectivity index (χ4v) is 7.07. The second-order valence-electron chi connectivity index (χ2n) is 12.9. The lowest BCUT2D eigenvalue weighted by Gasteiger charge is -2.36.